The van der Waals surface area contributed by atoms with E-state index in [0.717, 1.165) is 39.1 Å². The first-order valence-electron chi connectivity index (χ1n) is 9.40. The Labute approximate surface area is 185 Å². The van der Waals surface area contributed by atoms with E-state index >= 15 is 0 Å². The van der Waals surface area contributed by atoms with Crippen LogP contribution in [0.4, 0.5) is 10.8 Å². The van der Waals surface area contributed by atoms with Crippen LogP contribution in [0.15, 0.2) is 89.3 Å². The third-order valence-corrected chi connectivity index (χ3v) is 5.64. The molecule has 1 aromatic heterocycles. The second-order valence-corrected chi connectivity index (χ2v) is 7.86. The van der Waals surface area contributed by atoms with Crippen molar-refractivity contribution in [3.8, 4) is 17.0 Å². The number of rotatable bonds is 6. The zero-order valence-electron chi connectivity index (χ0n) is 16.6. The van der Waals surface area contributed by atoms with Crippen LogP contribution in [-0.4, -0.2) is 17.8 Å². The first-order chi connectivity index (χ1) is 14.6. The van der Waals surface area contributed by atoms with Crippen LogP contribution in [0.3, 0.4) is 0 Å². The highest BCUT2D eigenvalue weighted by molar-refractivity contribution is 7.14. The minimum absolute atomic E-state index is 0.704. The predicted octanol–water partition coefficient (Wildman–Crippen LogP) is 7.03. The molecule has 0 amide bonds. The molecule has 0 aliphatic rings. The van der Waals surface area contributed by atoms with Crippen LogP contribution in [-0.2, 0) is 0 Å². The first kappa shape index (κ1) is 20.1. The number of para-hydroxylation sites is 1. The number of nitrogens with zero attached hydrogens (tertiary/aromatic N) is 3. The maximum absolute atomic E-state index is 6.03. The molecule has 3 aromatic carbocycles. The molecule has 0 unspecified atom stereocenters. The highest BCUT2D eigenvalue weighted by Gasteiger charge is 2.15. The van der Waals surface area contributed by atoms with Gasteiger partial charge in [0.05, 0.1) is 24.2 Å². The average Bonchev–Trinajstić information content (AvgIpc) is 3.28. The van der Waals surface area contributed by atoms with Crippen molar-refractivity contribution in [3.05, 3.63) is 94.8 Å². The van der Waals surface area contributed by atoms with Gasteiger partial charge in [-0.15, -0.1) is 11.3 Å². The van der Waals surface area contributed by atoms with Gasteiger partial charge in [0.15, 0.2) is 0 Å². The van der Waals surface area contributed by atoms with Crippen molar-refractivity contribution < 1.29 is 4.74 Å². The lowest BCUT2D eigenvalue weighted by atomic mass is 10.1. The van der Waals surface area contributed by atoms with Crippen molar-refractivity contribution >= 4 is 39.5 Å². The van der Waals surface area contributed by atoms with Gasteiger partial charge in [0, 0.05) is 16.0 Å². The largest absolute Gasteiger partial charge is 0.497 e. The maximum atomic E-state index is 6.03. The van der Waals surface area contributed by atoms with Crippen LogP contribution < -0.4 is 9.75 Å². The number of hydrazone groups is 1. The Hall–Kier alpha value is -3.15. The quantitative estimate of drug-likeness (QED) is 0.242. The highest BCUT2D eigenvalue weighted by Crippen LogP contribution is 2.33. The molecule has 0 saturated heterocycles. The van der Waals surface area contributed by atoms with E-state index in [1.165, 1.54) is 0 Å². The summed E-state index contributed by atoms with van der Waals surface area (Å²) in [5.41, 5.74) is 4.76. The summed E-state index contributed by atoms with van der Waals surface area (Å²) in [4.78, 5) is 4.85. The first-order valence-corrected chi connectivity index (χ1v) is 10.7. The lowest BCUT2D eigenvalue weighted by Gasteiger charge is -2.17. The Balaban J connectivity index is 1.71. The Morgan fingerprint density at radius 1 is 0.967 bits per heavy atom. The van der Waals surface area contributed by atoms with E-state index in [4.69, 9.17) is 26.4 Å². The van der Waals surface area contributed by atoms with Gasteiger partial charge in [0.1, 0.15) is 5.75 Å². The third-order valence-electron chi connectivity index (χ3n) is 4.57. The van der Waals surface area contributed by atoms with E-state index in [2.05, 4.69) is 0 Å². The number of hydrogen-bond donors (Lipinski definition) is 0. The van der Waals surface area contributed by atoms with Gasteiger partial charge in [-0.05, 0) is 61.0 Å². The SMILES string of the molecule is COc1ccc(-c2csc(N(/N=C(\C)c3ccc(Cl)cc3)c3ccccc3)n2)cc1. The van der Waals surface area contributed by atoms with Gasteiger partial charge in [0.25, 0.3) is 0 Å². The number of thiazole rings is 1. The molecule has 1 heterocycles. The lowest BCUT2D eigenvalue weighted by molar-refractivity contribution is 0.415. The predicted molar refractivity (Wildman–Crippen MR) is 126 cm³/mol. The Morgan fingerprint density at radius 3 is 2.33 bits per heavy atom. The zero-order valence-corrected chi connectivity index (χ0v) is 18.2. The normalized spacial score (nSPS) is 11.4. The van der Waals surface area contributed by atoms with Crippen LogP contribution in [0.25, 0.3) is 11.3 Å². The van der Waals surface area contributed by atoms with Crippen molar-refractivity contribution in [1.29, 1.82) is 0 Å². The fourth-order valence-corrected chi connectivity index (χ4v) is 3.86. The minimum atomic E-state index is 0.704. The minimum Gasteiger partial charge on any atom is -0.497 e. The van der Waals surface area contributed by atoms with Crippen molar-refractivity contribution in [2.45, 2.75) is 6.92 Å². The van der Waals surface area contributed by atoms with E-state index in [-0.39, 0.29) is 0 Å². The third kappa shape index (κ3) is 4.53. The zero-order chi connectivity index (χ0) is 20.9. The van der Waals surface area contributed by atoms with Gasteiger partial charge in [0.2, 0.25) is 5.13 Å². The lowest BCUT2D eigenvalue weighted by Crippen LogP contribution is -2.12. The van der Waals surface area contributed by atoms with Crippen LogP contribution >= 0.6 is 22.9 Å². The van der Waals surface area contributed by atoms with Crippen molar-refractivity contribution in [3.63, 3.8) is 0 Å². The summed E-state index contributed by atoms with van der Waals surface area (Å²) in [6, 6.07) is 25.6. The van der Waals surface area contributed by atoms with Crippen LogP contribution in [0.5, 0.6) is 5.75 Å². The molecule has 0 saturated carbocycles. The van der Waals surface area contributed by atoms with Crippen LogP contribution in [0, 0.1) is 0 Å². The summed E-state index contributed by atoms with van der Waals surface area (Å²) in [6.07, 6.45) is 0. The molecular formula is C24H20ClN3OS. The molecule has 0 atom stereocenters. The molecule has 0 N–H and O–H groups in total. The molecule has 4 aromatic rings. The Bertz CT molecular complexity index is 1140. The van der Waals surface area contributed by atoms with E-state index in [1.807, 2.05) is 96.2 Å². The molecule has 6 heteroatoms. The average molecular weight is 434 g/mol. The standard InChI is InChI=1S/C24H20ClN3OS/c1-17(18-8-12-20(25)13-9-18)27-28(21-6-4-3-5-7-21)24-26-23(16-30-24)19-10-14-22(29-2)15-11-19/h3-16H,1-2H3/b27-17+. The van der Waals surface area contributed by atoms with Gasteiger partial charge < -0.3 is 4.74 Å². The molecule has 0 fully saturated rings. The summed E-state index contributed by atoms with van der Waals surface area (Å²) < 4.78 is 5.25. The van der Waals surface area contributed by atoms with Gasteiger partial charge in [-0.2, -0.15) is 5.10 Å². The number of benzene rings is 3. The molecule has 150 valence electrons. The highest BCUT2D eigenvalue weighted by atomic mass is 35.5. The summed E-state index contributed by atoms with van der Waals surface area (Å²) in [6.45, 7) is 1.98. The summed E-state index contributed by atoms with van der Waals surface area (Å²) in [7, 11) is 1.66. The fourth-order valence-electron chi connectivity index (χ4n) is 2.93. The van der Waals surface area contributed by atoms with Crippen molar-refractivity contribution in [2.75, 3.05) is 12.1 Å². The second kappa shape index (κ2) is 9.11. The Morgan fingerprint density at radius 2 is 1.67 bits per heavy atom. The number of aromatic nitrogens is 1. The number of halogens is 1. The summed E-state index contributed by atoms with van der Waals surface area (Å²) >= 11 is 7.58. The smallest absolute Gasteiger partial charge is 0.211 e. The van der Waals surface area contributed by atoms with Gasteiger partial charge in [-0.3, -0.25) is 0 Å². The maximum Gasteiger partial charge on any atom is 0.211 e. The molecule has 0 aliphatic heterocycles. The number of methoxy groups -OCH3 is 1. The number of hydrogen-bond acceptors (Lipinski definition) is 5. The molecule has 0 radical (unpaired) electrons. The second-order valence-electron chi connectivity index (χ2n) is 6.58. The molecule has 4 rings (SSSR count). The molecule has 4 nitrogen and oxygen atoms in total. The van der Waals surface area contributed by atoms with Gasteiger partial charge in [-0.25, -0.2) is 9.99 Å². The van der Waals surface area contributed by atoms with Gasteiger partial charge in [-0.1, -0.05) is 41.9 Å². The van der Waals surface area contributed by atoms with Crippen LogP contribution in [0.2, 0.25) is 5.02 Å². The van der Waals surface area contributed by atoms with E-state index in [0.29, 0.717) is 5.02 Å². The monoisotopic (exact) mass is 433 g/mol. The molecule has 30 heavy (non-hydrogen) atoms. The number of ether oxygens (including phenoxy) is 1. The topological polar surface area (TPSA) is 37.7 Å². The molecule has 0 spiro atoms. The van der Waals surface area contributed by atoms with Crippen molar-refractivity contribution in [2.24, 2.45) is 5.10 Å². The fraction of sp³-hybridized carbons (Fsp3) is 0.0833. The summed E-state index contributed by atoms with van der Waals surface area (Å²) in [5, 5.41) is 10.3. The van der Waals surface area contributed by atoms with E-state index in [9.17, 15) is 0 Å². The molecular weight excluding hydrogens is 414 g/mol. The molecule has 0 aliphatic carbocycles. The molecule has 0 bridgehead atoms. The van der Waals surface area contributed by atoms with Crippen molar-refractivity contribution in [1.82, 2.24) is 4.98 Å². The van der Waals surface area contributed by atoms with E-state index in [1.54, 1.807) is 18.4 Å². The Kier molecular flexibility index (Phi) is 6.12. The number of anilines is 2. The van der Waals surface area contributed by atoms with Gasteiger partial charge >= 0.3 is 0 Å². The van der Waals surface area contributed by atoms with Crippen LogP contribution in [0.1, 0.15) is 12.5 Å². The summed E-state index contributed by atoms with van der Waals surface area (Å²) in [5.74, 6) is 0.823. The van der Waals surface area contributed by atoms with E-state index < -0.39 is 0 Å².